The van der Waals surface area contributed by atoms with Gasteiger partial charge in [0.1, 0.15) is 0 Å². The van der Waals surface area contributed by atoms with Gasteiger partial charge in [-0.15, -0.1) is 12.4 Å². The lowest BCUT2D eigenvalue weighted by Crippen LogP contribution is -2.27. The Morgan fingerprint density at radius 3 is 2.77 bits per heavy atom. The zero-order chi connectivity index (χ0) is 14.7. The number of hydrogen-bond acceptors (Lipinski definition) is 4. The molecule has 1 unspecified atom stereocenters. The number of carbonyl (C=O) groups excluding carboxylic acids is 1. The molecule has 1 aromatic carbocycles. The fourth-order valence-electron chi connectivity index (χ4n) is 2.58. The van der Waals surface area contributed by atoms with E-state index in [2.05, 4.69) is 15.6 Å². The number of anilines is 1. The highest BCUT2D eigenvalue weighted by molar-refractivity contribution is 5.91. The molecule has 22 heavy (non-hydrogen) atoms. The van der Waals surface area contributed by atoms with Crippen molar-refractivity contribution in [2.24, 2.45) is 0 Å². The van der Waals surface area contributed by atoms with Crippen LogP contribution in [0.25, 0.3) is 11.3 Å². The summed E-state index contributed by atoms with van der Waals surface area (Å²) in [6.07, 6.45) is 4.47. The molecule has 2 heterocycles. The Kier molecular flexibility index (Phi) is 5.57. The molecule has 2 aromatic rings. The molecule has 1 saturated heterocycles. The van der Waals surface area contributed by atoms with E-state index in [0.29, 0.717) is 18.4 Å². The lowest BCUT2D eigenvalue weighted by Gasteiger charge is -2.10. The molecule has 0 aliphatic carbocycles. The normalized spacial score (nSPS) is 17.0. The Morgan fingerprint density at radius 1 is 1.41 bits per heavy atom. The van der Waals surface area contributed by atoms with Crippen LogP contribution in [0.3, 0.4) is 0 Å². The number of halogens is 1. The molecule has 1 atom stereocenters. The van der Waals surface area contributed by atoms with Gasteiger partial charge in [0.2, 0.25) is 5.91 Å². The molecule has 0 saturated carbocycles. The molecule has 6 heteroatoms. The standard InChI is InChI=1S/C16H19N3O2.ClH/c1-11-18-10-15(21-11)12-4-6-13(7-5-12)19-16(20)9-14-3-2-8-17-14;/h4-7,10,14,17H,2-3,8-9H2,1H3,(H,19,20);1H. The van der Waals surface area contributed by atoms with Crippen LogP contribution in [0.2, 0.25) is 0 Å². The maximum atomic E-state index is 11.9. The van der Waals surface area contributed by atoms with E-state index in [9.17, 15) is 4.79 Å². The van der Waals surface area contributed by atoms with Crippen molar-refractivity contribution in [2.45, 2.75) is 32.2 Å². The number of aromatic nitrogens is 1. The first-order valence-electron chi connectivity index (χ1n) is 7.27. The van der Waals surface area contributed by atoms with Gasteiger partial charge >= 0.3 is 0 Å². The molecule has 1 fully saturated rings. The van der Waals surface area contributed by atoms with Crippen LogP contribution in [0, 0.1) is 6.92 Å². The van der Waals surface area contributed by atoms with E-state index in [1.54, 1.807) is 6.20 Å². The van der Waals surface area contributed by atoms with Crippen molar-refractivity contribution in [3.05, 3.63) is 36.4 Å². The number of nitrogens with one attached hydrogen (secondary N) is 2. The lowest BCUT2D eigenvalue weighted by molar-refractivity contribution is -0.116. The van der Waals surface area contributed by atoms with Crippen LogP contribution < -0.4 is 10.6 Å². The number of aryl methyl sites for hydroxylation is 1. The number of amides is 1. The molecule has 1 aromatic heterocycles. The van der Waals surface area contributed by atoms with Crippen LogP contribution >= 0.6 is 12.4 Å². The van der Waals surface area contributed by atoms with E-state index < -0.39 is 0 Å². The number of nitrogens with zero attached hydrogens (tertiary/aromatic N) is 1. The van der Waals surface area contributed by atoms with Crippen LogP contribution in [0.5, 0.6) is 0 Å². The highest BCUT2D eigenvalue weighted by Gasteiger charge is 2.17. The quantitative estimate of drug-likeness (QED) is 0.907. The summed E-state index contributed by atoms with van der Waals surface area (Å²) in [5.41, 5.74) is 1.75. The Labute approximate surface area is 135 Å². The molecule has 3 rings (SSSR count). The first-order chi connectivity index (χ1) is 10.2. The van der Waals surface area contributed by atoms with Crippen LogP contribution in [-0.2, 0) is 4.79 Å². The van der Waals surface area contributed by atoms with Crippen molar-refractivity contribution in [3.63, 3.8) is 0 Å². The monoisotopic (exact) mass is 321 g/mol. The topological polar surface area (TPSA) is 67.2 Å². The van der Waals surface area contributed by atoms with E-state index in [0.717, 1.165) is 36.4 Å². The Balaban J connectivity index is 0.00000176. The summed E-state index contributed by atoms with van der Waals surface area (Å²) >= 11 is 0. The van der Waals surface area contributed by atoms with Gasteiger partial charge in [0.25, 0.3) is 0 Å². The summed E-state index contributed by atoms with van der Waals surface area (Å²) in [5.74, 6) is 1.43. The van der Waals surface area contributed by atoms with E-state index in [4.69, 9.17) is 4.42 Å². The largest absolute Gasteiger partial charge is 0.441 e. The SMILES string of the molecule is Cc1ncc(-c2ccc(NC(=O)CC3CCCN3)cc2)o1.Cl. The van der Waals surface area contributed by atoms with Gasteiger partial charge in [-0.2, -0.15) is 0 Å². The number of rotatable bonds is 4. The van der Waals surface area contributed by atoms with E-state index >= 15 is 0 Å². The van der Waals surface area contributed by atoms with Gasteiger partial charge < -0.3 is 15.1 Å². The van der Waals surface area contributed by atoms with E-state index in [1.807, 2.05) is 31.2 Å². The van der Waals surface area contributed by atoms with Crippen LogP contribution in [0.15, 0.2) is 34.9 Å². The second kappa shape index (κ2) is 7.42. The number of carbonyl (C=O) groups is 1. The highest BCUT2D eigenvalue weighted by atomic mass is 35.5. The summed E-state index contributed by atoms with van der Waals surface area (Å²) in [6.45, 7) is 2.83. The fraction of sp³-hybridized carbons (Fsp3) is 0.375. The van der Waals surface area contributed by atoms with E-state index in [-0.39, 0.29) is 18.3 Å². The minimum Gasteiger partial charge on any atom is -0.441 e. The van der Waals surface area contributed by atoms with Crippen LogP contribution in [0.4, 0.5) is 5.69 Å². The third-order valence-electron chi connectivity index (χ3n) is 3.67. The molecule has 0 spiro atoms. The van der Waals surface area contributed by atoms with Gasteiger partial charge in [-0.3, -0.25) is 4.79 Å². The summed E-state index contributed by atoms with van der Waals surface area (Å²) < 4.78 is 5.47. The minimum atomic E-state index is 0. The van der Waals surface area contributed by atoms with Crippen LogP contribution in [0.1, 0.15) is 25.2 Å². The second-order valence-corrected chi connectivity index (χ2v) is 5.37. The van der Waals surface area contributed by atoms with Crippen molar-refractivity contribution in [1.29, 1.82) is 0 Å². The zero-order valence-electron chi connectivity index (χ0n) is 12.5. The number of benzene rings is 1. The van der Waals surface area contributed by atoms with Crippen LogP contribution in [-0.4, -0.2) is 23.5 Å². The van der Waals surface area contributed by atoms with Crippen molar-refractivity contribution >= 4 is 24.0 Å². The van der Waals surface area contributed by atoms with Crippen molar-refractivity contribution in [1.82, 2.24) is 10.3 Å². The predicted molar refractivity (Wildman–Crippen MR) is 88.2 cm³/mol. The second-order valence-electron chi connectivity index (χ2n) is 5.37. The first kappa shape index (κ1) is 16.5. The third-order valence-corrected chi connectivity index (χ3v) is 3.67. The molecule has 1 amide bonds. The molecule has 118 valence electrons. The maximum Gasteiger partial charge on any atom is 0.225 e. The highest BCUT2D eigenvalue weighted by Crippen LogP contribution is 2.22. The van der Waals surface area contributed by atoms with Gasteiger partial charge in [0, 0.05) is 30.6 Å². The molecule has 1 aliphatic heterocycles. The molecule has 2 N–H and O–H groups in total. The molecular weight excluding hydrogens is 302 g/mol. The Morgan fingerprint density at radius 2 is 2.18 bits per heavy atom. The number of oxazole rings is 1. The van der Waals surface area contributed by atoms with Crippen molar-refractivity contribution < 1.29 is 9.21 Å². The molecule has 0 bridgehead atoms. The molecule has 5 nitrogen and oxygen atoms in total. The van der Waals surface area contributed by atoms with Gasteiger partial charge in [-0.05, 0) is 43.7 Å². The smallest absolute Gasteiger partial charge is 0.225 e. The predicted octanol–water partition coefficient (Wildman–Crippen LogP) is 3.15. The van der Waals surface area contributed by atoms with Gasteiger partial charge in [-0.1, -0.05) is 0 Å². The van der Waals surface area contributed by atoms with Gasteiger partial charge in [0.15, 0.2) is 11.7 Å². The fourth-order valence-corrected chi connectivity index (χ4v) is 2.58. The molecule has 1 aliphatic rings. The van der Waals surface area contributed by atoms with Crippen molar-refractivity contribution in [3.8, 4) is 11.3 Å². The Bertz CT molecular complexity index is 619. The number of hydrogen-bond donors (Lipinski definition) is 2. The molecule has 0 radical (unpaired) electrons. The average Bonchev–Trinajstić information content (AvgIpc) is 3.11. The lowest BCUT2D eigenvalue weighted by atomic mass is 10.1. The van der Waals surface area contributed by atoms with E-state index in [1.165, 1.54) is 0 Å². The van der Waals surface area contributed by atoms with Gasteiger partial charge in [-0.25, -0.2) is 4.98 Å². The average molecular weight is 322 g/mol. The zero-order valence-corrected chi connectivity index (χ0v) is 13.3. The molecular formula is C16H20ClN3O2. The summed E-state index contributed by atoms with van der Waals surface area (Å²) in [5, 5.41) is 6.25. The third kappa shape index (κ3) is 4.08. The maximum absolute atomic E-state index is 11.9. The minimum absolute atomic E-state index is 0. The summed E-state index contributed by atoms with van der Waals surface area (Å²) in [6, 6.07) is 7.93. The summed E-state index contributed by atoms with van der Waals surface area (Å²) in [7, 11) is 0. The first-order valence-corrected chi connectivity index (χ1v) is 7.27. The summed E-state index contributed by atoms with van der Waals surface area (Å²) in [4.78, 5) is 16.0. The Hall–Kier alpha value is -1.85. The van der Waals surface area contributed by atoms with Gasteiger partial charge in [0.05, 0.1) is 6.20 Å². The van der Waals surface area contributed by atoms with Crippen molar-refractivity contribution in [2.75, 3.05) is 11.9 Å².